The van der Waals surface area contributed by atoms with E-state index in [1.807, 2.05) is 24.9 Å². The van der Waals surface area contributed by atoms with Gasteiger partial charge in [0.1, 0.15) is 6.61 Å². The first-order valence-electron chi connectivity index (χ1n) is 7.73. The number of aromatic nitrogens is 4. The monoisotopic (exact) mass is 319 g/mol. The molecule has 1 amide bonds. The van der Waals surface area contributed by atoms with Crippen LogP contribution in [0.2, 0.25) is 0 Å². The number of carbonyl (C=O) groups excluding carboxylic acids is 1. The molecule has 8 nitrogen and oxygen atoms in total. The largest absolute Gasteiger partial charge is 0.368 e. The minimum atomic E-state index is -0.0142. The lowest BCUT2D eigenvalue weighted by atomic mass is 10.1. The van der Waals surface area contributed by atoms with Gasteiger partial charge in [0.2, 0.25) is 0 Å². The smallest absolute Gasteiger partial charge is 0.274 e. The van der Waals surface area contributed by atoms with Gasteiger partial charge in [0.15, 0.2) is 11.5 Å². The van der Waals surface area contributed by atoms with Crippen molar-refractivity contribution in [2.75, 3.05) is 13.1 Å². The molecular weight excluding hydrogens is 298 g/mol. The van der Waals surface area contributed by atoms with Crippen LogP contribution in [0, 0.1) is 13.8 Å². The zero-order chi connectivity index (χ0) is 16.4. The molecule has 0 spiro atoms. The lowest BCUT2D eigenvalue weighted by molar-refractivity contribution is -0.00989. The average Bonchev–Trinajstić information content (AvgIpc) is 3.11. The van der Waals surface area contributed by atoms with Crippen LogP contribution in [-0.4, -0.2) is 49.9 Å². The Kier molecular flexibility index (Phi) is 4.42. The molecule has 1 saturated heterocycles. The van der Waals surface area contributed by atoms with Crippen molar-refractivity contribution in [1.29, 1.82) is 0 Å². The maximum absolute atomic E-state index is 12.4. The van der Waals surface area contributed by atoms with Gasteiger partial charge < -0.3 is 14.2 Å². The van der Waals surface area contributed by atoms with E-state index in [2.05, 4.69) is 15.2 Å². The number of hydrogen-bond donors (Lipinski definition) is 0. The second-order valence-corrected chi connectivity index (χ2v) is 5.83. The average molecular weight is 319 g/mol. The molecule has 0 aliphatic carbocycles. The fourth-order valence-electron chi connectivity index (χ4n) is 2.64. The topological polar surface area (TPSA) is 86.3 Å². The van der Waals surface area contributed by atoms with Crippen LogP contribution in [0.15, 0.2) is 10.6 Å². The number of carbonyl (C=O) groups is 1. The maximum Gasteiger partial charge on any atom is 0.274 e. The molecule has 2 aromatic heterocycles. The van der Waals surface area contributed by atoms with E-state index in [4.69, 9.17) is 9.26 Å². The molecule has 0 radical (unpaired) electrons. The van der Waals surface area contributed by atoms with Crippen LogP contribution >= 0.6 is 0 Å². The summed E-state index contributed by atoms with van der Waals surface area (Å²) >= 11 is 0. The van der Waals surface area contributed by atoms with E-state index in [1.54, 1.807) is 11.6 Å². The zero-order valence-corrected chi connectivity index (χ0v) is 13.7. The third-order valence-corrected chi connectivity index (χ3v) is 4.07. The number of amides is 1. The Bertz CT molecular complexity index is 666. The molecule has 1 aliphatic rings. The van der Waals surface area contributed by atoms with Gasteiger partial charge in [0.05, 0.1) is 6.10 Å². The van der Waals surface area contributed by atoms with Crippen LogP contribution in [0.25, 0.3) is 0 Å². The van der Waals surface area contributed by atoms with E-state index in [-0.39, 0.29) is 12.0 Å². The highest BCUT2D eigenvalue weighted by molar-refractivity contribution is 5.92. The van der Waals surface area contributed by atoms with Crippen LogP contribution in [-0.2, 0) is 18.4 Å². The molecule has 0 saturated carbocycles. The zero-order valence-electron chi connectivity index (χ0n) is 13.7. The molecule has 3 heterocycles. The Hall–Kier alpha value is -2.22. The summed E-state index contributed by atoms with van der Waals surface area (Å²) in [7, 11) is 1.84. The van der Waals surface area contributed by atoms with Crippen LogP contribution in [0.1, 0.15) is 40.7 Å². The summed E-state index contributed by atoms with van der Waals surface area (Å²) in [4.78, 5) is 18.4. The van der Waals surface area contributed by atoms with Gasteiger partial charge in [0, 0.05) is 25.8 Å². The molecular formula is C15H21N5O3. The first-order valence-corrected chi connectivity index (χ1v) is 7.73. The van der Waals surface area contributed by atoms with Crippen molar-refractivity contribution in [3.8, 4) is 0 Å². The Balaban J connectivity index is 1.49. The number of piperidine rings is 1. The summed E-state index contributed by atoms with van der Waals surface area (Å²) < 4.78 is 12.5. The molecule has 1 aliphatic heterocycles. The van der Waals surface area contributed by atoms with E-state index in [1.165, 1.54) is 0 Å². The molecule has 3 rings (SSSR count). The number of rotatable bonds is 4. The van der Waals surface area contributed by atoms with Gasteiger partial charge in [0.25, 0.3) is 11.8 Å². The predicted octanol–water partition coefficient (Wildman–Crippen LogP) is 1.24. The van der Waals surface area contributed by atoms with Crippen molar-refractivity contribution < 1.29 is 14.1 Å². The molecule has 2 aromatic rings. The molecule has 8 heteroatoms. The molecule has 0 aromatic carbocycles. The van der Waals surface area contributed by atoms with Crippen LogP contribution in [0.4, 0.5) is 0 Å². The minimum Gasteiger partial charge on any atom is -0.368 e. The summed E-state index contributed by atoms with van der Waals surface area (Å²) in [5.41, 5.74) is 1.48. The number of nitrogens with zero attached hydrogens (tertiary/aromatic N) is 5. The van der Waals surface area contributed by atoms with Crippen LogP contribution < -0.4 is 0 Å². The summed E-state index contributed by atoms with van der Waals surface area (Å²) in [6.45, 7) is 5.36. The molecule has 1 fully saturated rings. The Morgan fingerprint density at radius 2 is 2.13 bits per heavy atom. The minimum absolute atomic E-state index is 0.0142. The molecule has 0 N–H and O–H groups in total. The van der Waals surface area contributed by atoms with Crippen molar-refractivity contribution >= 4 is 5.91 Å². The van der Waals surface area contributed by atoms with E-state index in [9.17, 15) is 4.79 Å². The molecule has 0 unspecified atom stereocenters. The van der Waals surface area contributed by atoms with Crippen molar-refractivity contribution in [3.63, 3.8) is 0 Å². The van der Waals surface area contributed by atoms with Crippen LogP contribution in [0.3, 0.4) is 0 Å². The maximum atomic E-state index is 12.4. The standard InChI is InChI=1S/C15H21N5O3/c1-10-8-13(17-19(10)3)15(21)20-6-4-12(5-7-20)22-9-14-16-11(2)18-23-14/h8,12H,4-7,9H2,1-3H3. The van der Waals surface area contributed by atoms with Gasteiger partial charge in [-0.15, -0.1) is 0 Å². The van der Waals surface area contributed by atoms with E-state index in [0.29, 0.717) is 37.1 Å². The number of likely N-dealkylation sites (tertiary alicyclic amines) is 1. The fraction of sp³-hybridized carbons (Fsp3) is 0.600. The van der Waals surface area contributed by atoms with Crippen molar-refractivity contribution in [1.82, 2.24) is 24.8 Å². The Morgan fingerprint density at radius 1 is 1.39 bits per heavy atom. The van der Waals surface area contributed by atoms with Crippen molar-refractivity contribution in [2.24, 2.45) is 7.05 Å². The van der Waals surface area contributed by atoms with Gasteiger partial charge in [-0.25, -0.2) is 0 Å². The highest BCUT2D eigenvalue weighted by Crippen LogP contribution is 2.17. The highest BCUT2D eigenvalue weighted by atomic mass is 16.5. The first kappa shape index (κ1) is 15.7. The van der Waals surface area contributed by atoms with Gasteiger partial charge in [-0.05, 0) is 32.8 Å². The Morgan fingerprint density at radius 3 is 2.70 bits per heavy atom. The van der Waals surface area contributed by atoms with E-state index >= 15 is 0 Å². The molecule has 124 valence electrons. The summed E-state index contributed by atoms with van der Waals surface area (Å²) in [5.74, 6) is 1.08. The SMILES string of the molecule is Cc1noc(COC2CCN(C(=O)c3cc(C)n(C)n3)CC2)n1. The van der Waals surface area contributed by atoms with E-state index in [0.717, 1.165) is 18.5 Å². The number of aryl methyl sites for hydroxylation is 3. The quantitative estimate of drug-likeness (QED) is 0.843. The predicted molar refractivity (Wildman–Crippen MR) is 80.7 cm³/mol. The van der Waals surface area contributed by atoms with E-state index < -0.39 is 0 Å². The number of ether oxygens (including phenoxy) is 1. The van der Waals surface area contributed by atoms with Gasteiger partial charge >= 0.3 is 0 Å². The molecule has 0 bridgehead atoms. The van der Waals surface area contributed by atoms with Gasteiger partial charge in [-0.3, -0.25) is 9.48 Å². The lowest BCUT2D eigenvalue weighted by Crippen LogP contribution is -2.41. The van der Waals surface area contributed by atoms with Crippen LogP contribution in [0.5, 0.6) is 0 Å². The normalized spacial score (nSPS) is 16.0. The summed E-state index contributed by atoms with van der Waals surface area (Å²) in [6, 6.07) is 1.82. The molecule has 23 heavy (non-hydrogen) atoms. The number of hydrogen-bond acceptors (Lipinski definition) is 6. The van der Waals surface area contributed by atoms with Gasteiger partial charge in [-0.1, -0.05) is 5.16 Å². The second-order valence-electron chi connectivity index (χ2n) is 5.83. The summed E-state index contributed by atoms with van der Waals surface area (Å²) in [6.07, 6.45) is 1.70. The Labute approximate surface area is 134 Å². The summed E-state index contributed by atoms with van der Waals surface area (Å²) in [5, 5.41) is 7.98. The van der Waals surface area contributed by atoms with Gasteiger partial charge in [-0.2, -0.15) is 10.1 Å². The highest BCUT2D eigenvalue weighted by Gasteiger charge is 2.26. The van der Waals surface area contributed by atoms with Crippen molar-refractivity contribution in [3.05, 3.63) is 29.2 Å². The lowest BCUT2D eigenvalue weighted by Gasteiger charge is -2.31. The third-order valence-electron chi connectivity index (χ3n) is 4.07. The first-order chi connectivity index (χ1) is 11.0. The third kappa shape index (κ3) is 3.58. The van der Waals surface area contributed by atoms with Crippen molar-refractivity contribution in [2.45, 2.75) is 39.4 Å². The fourth-order valence-corrected chi connectivity index (χ4v) is 2.64. The second kappa shape index (κ2) is 6.49. The molecule has 0 atom stereocenters.